The van der Waals surface area contributed by atoms with E-state index in [-0.39, 0.29) is 5.91 Å². The number of nitrogens with one attached hydrogen (secondary N) is 1. The molecule has 2 aliphatic heterocycles. The minimum absolute atomic E-state index is 0.0938. The summed E-state index contributed by atoms with van der Waals surface area (Å²) in [5.41, 5.74) is 5.62. The molecular weight excluding hydrogens is 238 g/mol. The maximum Gasteiger partial charge on any atom is 0.240 e. The molecule has 1 saturated carbocycles. The van der Waals surface area contributed by atoms with Crippen LogP contribution in [0.2, 0.25) is 0 Å². The smallest absolute Gasteiger partial charge is 0.240 e. The van der Waals surface area contributed by atoms with Gasteiger partial charge in [0.05, 0.1) is 5.54 Å². The van der Waals surface area contributed by atoms with Gasteiger partial charge in [-0.25, -0.2) is 0 Å². The zero-order valence-electron chi connectivity index (χ0n) is 12.0. The minimum atomic E-state index is -0.565. The van der Waals surface area contributed by atoms with Crippen molar-refractivity contribution in [2.75, 3.05) is 13.6 Å². The quantitative estimate of drug-likeness (QED) is 0.807. The van der Waals surface area contributed by atoms with Crippen molar-refractivity contribution in [1.82, 2.24) is 10.2 Å². The van der Waals surface area contributed by atoms with Gasteiger partial charge in [-0.05, 0) is 51.5 Å². The van der Waals surface area contributed by atoms with Crippen LogP contribution in [0.15, 0.2) is 0 Å². The standard InChI is InChI=1S/C15H27N3O/c1-18-12-4-5-13(18)9-11(8-12)10-17-14(19)15(16)6-2-3-7-15/h11-13H,2-10,16H2,1H3,(H,17,19). The predicted molar refractivity (Wildman–Crippen MR) is 75.7 cm³/mol. The number of carbonyl (C=O) groups is 1. The van der Waals surface area contributed by atoms with Crippen molar-refractivity contribution >= 4 is 5.91 Å². The number of nitrogens with two attached hydrogens (primary N) is 1. The van der Waals surface area contributed by atoms with Crippen molar-refractivity contribution in [1.29, 1.82) is 0 Å². The molecular formula is C15H27N3O. The van der Waals surface area contributed by atoms with Crippen LogP contribution in [0, 0.1) is 5.92 Å². The highest BCUT2D eigenvalue weighted by atomic mass is 16.2. The number of hydrogen-bond acceptors (Lipinski definition) is 3. The van der Waals surface area contributed by atoms with E-state index in [1.807, 2.05) is 0 Å². The van der Waals surface area contributed by atoms with E-state index in [2.05, 4.69) is 17.3 Å². The normalized spacial score (nSPS) is 37.5. The van der Waals surface area contributed by atoms with E-state index in [1.54, 1.807) is 0 Å². The molecule has 3 N–H and O–H groups in total. The molecule has 19 heavy (non-hydrogen) atoms. The first-order chi connectivity index (χ1) is 9.08. The van der Waals surface area contributed by atoms with Gasteiger partial charge in [0.15, 0.2) is 0 Å². The van der Waals surface area contributed by atoms with Gasteiger partial charge in [0.1, 0.15) is 0 Å². The lowest BCUT2D eigenvalue weighted by Crippen LogP contribution is -2.53. The van der Waals surface area contributed by atoms with Crippen molar-refractivity contribution in [3.63, 3.8) is 0 Å². The Hall–Kier alpha value is -0.610. The topological polar surface area (TPSA) is 58.4 Å². The molecule has 0 aromatic carbocycles. The first-order valence-corrected chi connectivity index (χ1v) is 7.87. The Balaban J connectivity index is 1.49. The second-order valence-electron chi connectivity index (χ2n) is 6.96. The molecule has 0 aromatic heterocycles. The van der Waals surface area contributed by atoms with Crippen LogP contribution in [0.25, 0.3) is 0 Å². The Morgan fingerprint density at radius 2 is 1.84 bits per heavy atom. The molecule has 2 heterocycles. The SMILES string of the molecule is CN1C2CCC1CC(CNC(=O)C1(N)CCCC1)C2. The summed E-state index contributed by atoms with van der Waals surface area (Å²) in [5, 5.41) is 3.14. The maximum absolute atomic E-state index is 12.2. The molecule has 3 fully saturated rings. The monoisotopic (exact) mass is 265 g/mol. The molecule has 108 valence electrons. The fraction of sp³-hybridized carbons (Fsp3) is 0.933. The molecule has 1 amide bonds. The number of nitrogens with zero attached hydrogens (tertiary/aromatic N) is 1. The maximum atomic E-state index is 12.2. The third-order valence-corrected chi connectivity index (χ3v) is 5.70. The van der Waals surface area contributed by atoms with Gasteiger partial charge in [0.25, 0.3) is 0 Å². The third kappa shape index (κ3) is 2.52. The summed E-state index contributed by atoms with van der Waals surface area (Å²) in [6, 6.07) is 1.50. The summed E-state index contributed by atoms with van der Waals surface area (Å²) in [7, 11) is 2.25. The molecule has 0 radical (unpaired) electrons. The summed E-state index contributed by atoms with van der Waals surface area (Å²) in [4.78, 5) is 14.7. The largest absolute Gasteiger partial charge is 0.354 e. The third-order valence-electron chi connectivity index (χ3n) is 5.70. The van der Waals surface area contributed by atoms with Crippen LogP contribution >= 0.6 is 0 Å². The molecule has 4 heteroatoms. The molecule has 0 spiro atoms. The minimum Gasteiger partial charge on any atom is -0.354 e. The van der Waals surface area contributed by atoms with E-state index in [9.17, 15) is 4.79 Å². The van der Waals surface area contributed by atoms with E-state index in [0.717, 1.165) is 44.3 Å². The molecule has 2 atom stereocenters. The lowest BCUT2D eigenvalue weighted by atomic mass is 9.90. The van der Waals surface area contributed by atoms with E-state index in [4.69, 9.17) is 5.73 Å². The highest BCUT2D eigenvalue weighted by Gasteiger charge is 2.40. The second-order valence-corrected chi connectivity index (χ2v) is 6.96. The first kappa shape index (κ1) is 13.4. The van der Waals surface area contributed by atoms with Gasteiger partial charge in [-0.15, -0.1) is 0 Å². The number of hydrogen-bond donors (Lipinski definition) is 2. The van der Waals surface area contributed by atoms with E-state index < -0.39 is 5.54 Å². The lowest BCUT2D eigenvalue weighted by Gasteiger charge is -2.36. The van der Waals surface area contributed by atoms with Gasteiger partial charge in [-0.3, -0.25) is 4.79 Å². The van der Waals surface area contributed by atoms with Crippen LogP contribution < -0.4 is 11.1 Å². The van der Waals surface area contributed by atoms with Crippen molar-refractivity contribution in [3.8, 4) is 0 Å². The summed E-state index contributed by atoms with van der Waals surface area (Å²) in [6.45, 7) is 0.832. The van der Waals surface area contributed by atoms with Crippen LogP contribution in [0.4, 0.5) is 0 Å². The highest BCUT2D eigenvalue weighted by Crippen LogP contribution is 2.37. The van der Waals surface area contributed by atoms with Crippen molar-refractivity contribution in [3.05, 3.63) is 0 Å². The molecule has 4 nitrogen and oxygen atoms in total. The number of rotatable bonds is 3. The van der Waals surface area contributed by atoms with Crippen LogP contribution in [0.1, 0.15) is 51.4 Å². The Labute approximate surface area is 116 Å². The molecule has 1 aliphatic carbocycles. The second kappa shape index (κ2) is 5.06. The van der Waals surface area contributed by atoms with E-state index in [0.29, 0.717) is 5.92 Å². The molecule has 2 saturated heterocycles. The van der Waals surface area contributed by atoms with Gasteiger partial charge in [-0.1, -0.05) is 12.8 Å². The molecule has 3 aliphatic rings. The fourth-order valence-corrected chi connectivity index (χ4v) is 4.34. The number of fused-ring (bicyclic) bond motifs is 2. The lowest BCUT2D eigenvalue weighted by molar-refractivity contribution is -0.126. The van der Waals surface area contributed by atoms with Crippen LogP contribution in [0.3, 0.4) is 0 Å². The van der Waals surface area contributed by atoms with Gasteiger partial charge in [-0.2, -0.15) is 0 Å². The summed E-state index contributed by atoms with van der Waals surface area (Å²) < 4.78 is 0. The molecule has 2 bridgehead atoms. The molecule has 0 aromatic rings. The summed E-state index contributed by atoms with van der Waals surface area (Å²) in [5.74, 6) is 0.749. The van der Waals surface area contributed by atoms with Crippen LogP contribution in [-0.4, -0.2) is 42.0 Å². The van der Waals surface area contributed by atoms with Gasteiger partial charge in [0, 0.05) is 18.6 Å². The van der Waals surface area contributed by atoms with E-state index >= 15 is 0 Å². The molecule has 3 rings (SSSR count). The average molecular weight is 265 g/mol. The first-order valence-electron chi connectivity index (χ1n) is 7.87. The zero-order valence-corrected chi connectivity index (χ0v) is 12.0. The Kier molecular flexibility index (Phi) is 3.56. The van der Waals surface area contributed by atoms with Gasteiger partial charge < -0.3 is 16.0 Å². The Morgan fingerprint density at radius 1 is 1.26 bits per heavy atom. The van der Waals surface area contributed by atoms with Crippen molar-refractivity contribution < 1.29 is 4.79 Å². The summed E-state index contributed by atoms with van der Waals surface area (Å²) in [6.07, 6.45) is 9.08. The van der Waals surface area contributed by atoms with Crippen LogP contribution in [-0.2, 0) is 4.79 Å². The Morgan fingerprint density at radius 3 is 2.42 bits per heavy atom. The van der Waals surface area contributed by atoms with Crippen molar-refractivity contribution in [2.24, 2.45) is 11.7 Å². The Bertz CT molecular complexity index is 337. The van der Waals surface area contributed by atoms with Crippen molar-refractivity contribution in [2.45, 2.75) is 69.0 Å². The molecule has 2 unspecified atom stereocenters. The number of piperidine rings is 1. The highest BCUT2D eigenvalue weighted by molar-refractivity contribution is 5.86. The zero-order chi connectivity index (χ0) is 13.5. The average Bonchev–Trinajstić information content (AvgIpc) is 2.89. The number of carbonyl (C=O) groups excluding carboxylic acids is 1. The summed E-state index contributed by atoms with van der Waals surface area (Å²) >= 11 is 0. The van der Waals surface area contributed by atoms with Gasteiger partial charge >= 0.3 is 0 Å². The predicted octanol–water partition coefficient (Wildman–Crippen LogP) is 1.25. The number of amides is 1. The van der Waals surface area contributed by atoms with Gasteiger partial charge in [0.2, 0.25) is 5.91 Å². The fourth-order valence-electron chi connectivity index (χ4n) is 4.34. The van der Waals surface area contributed by atoms with Crippen LogP contribution in [0.5, 0.6) is 0 Å². The van der Waals surface area contributed by atoms with E-state index in [1.165, 1.54) is 25.7 Å².